The molecule has 3 aromatic rings. The number of para-hydroxylation sites is 1. The van der Waals surface area contributed by atoms with Crippen LogP contribution in [0.1, 0.15) is 32.6 Å². The fraction of sp³-hybridized carbons (Fsp3) is 0.148. The number of amides is 1. The number of thioether (sulfide) groups is 1. The zero-order chi connectivity index (χ0) is 24.9. The SMILES string of the molecule is COc1cccc(/C=C2\SC(=Nc3cc(C)cc(C)c3)NC2=O)c1OCc1ccc(C(=O)O)cc1. The van der Waals surface area contributed by atoms with E-state index < -0.39 is 5.97 Å². The van der Waals surface area contributed by atoms with Crippen molar-refractivity contribution in [3.05, 3.63) is 93.4 Å². The molecule has 0 aliphatic carbocycles. The summed E-state index contributed by atoms with van der Waals surface area (Å²) >= 11 is 1.26. The molecule has 0 bridgehead atoms. The lowest BCUT2D eigenvalue weighted by atomic mass is 10.1. The Morgan fingerprint density at radius 3 is 2.46 bits per heavy atom. The molecule has 178 valence electrons. The number of ether oxygens (including phenoxy) is 2. The number of hydrogen-bond donors (Lipinski definition) is 2. The summed E-state index contributed by atoms with van der Waals surface area (Å²) in [7, 11) is 1.55. The highest BCUT2D eigenvalue weighted by molar-refractivity contribution is 8.18. The van der Waals surface area contributed by atoms with Crippen LogP contribution in [-0.2, 0) is 11.4 Å². The Morgan fingerprint density at radius 2 is 1.80 bits per heavy atom. The van der Waals surface area contributed by atoms with E-state index in [0.29, 0.717) is 27.1 Å². The van der Waals surface area contributed by atoms with Gasteiger partial charge in [0, 0.05) is 5.56 Å². The Hall–Kier alpha value is -4.04. The van der Waals surface area contributed by atoms with E-state index in [1.807, 2.05) is 38.1 Å². The summed E-state index contributed by atoms with van der Waals surface area (Å²) in [5, 5.41) is 12.4. The third-order valence-electron chi connectivity index (χ3n) is 5.19. The number of hydrogen-bond acceptors (Lipinski definition) is 6. The Morgan fingerprint density at radius 1 is 1.09 bits per heavy atom. The third kappa shape index (κ3) is 5.91. The van der Waals surface area contributed by atoms with Gasteiger partial charge in [0.25, 0.3) is 5.91 Å². The number of carboxylic acid groups (broad SMARTS) is 1. The first-order chi connectivity index (χ1) is 16.8. The topological polar surface area (TPSA) is 97.2 Å². The molecule has 8 heteroatoms. The van der Waals surface area contributed by atoms with Crippen molar-refractivity contribution >= 4 is 40.6 Å². The summed E-state index contributed by atoms with van der Waals surface area (Å²) in [5.74, 6) is -0.216. The van der Waals surface area contributed by atoms with E-state index in [1.54, 1.807) is 31.4 Å². The van der Waals surface area contributed by atoms with Gasteiger partial charge in [-0.05, 0) is 78.7 Å². The highest BCUT2D eigenvalue weighted by atomic mass is 32.2. The molecule has 4 rings (SSSR count). The van der Waals surface area contributed by atoms with Gasteiger partial charge in [0.2, 0.25) is 0 Å². The molecule has 0 saturated carbocycles. The number of aliphatic imine (C=N–C) groups is 1. The molecule has 7 nitrogen and oxygen atoms in total. The van der Waals surface area contributed by atoms with Crippen LogP contribution in [0.25, 0.3) is 6.08 Å². The Labute approximate surface area is 207 Å². The van der Waals surface area contributed by atoms with Crippen molar-refractivity contribution in [3.63, 3.8) is 0 Å². The van der Waals surface area contributed by atoms with Crippen LogP contribution in [0.5, 0.6) is 11.5 Å². The van der Waals surface area contributed by atoms with Crippen LogP contribution in [0, 0.1) is 13.8 Å². The van der Waals surface area contributed by atoms with Gasteiger partial charge in [-0.15, -0.1) is 0 Å². The van der Waals surface area contributed by atoms with Crippen molar-refractivity contribution < 1.29 is 24.2 Å². The van der Waals surface area contributed by atoms with Gasteiger partial charge in [0.05, 0.1) is 23.3 Å². The second-order valence-corrected chi connectivity index (χ2v) is 9.03. The Bertz CT molecular complexity index is 1330. The first-order valence-electron chi connectivity index (χ1n) is 10.8. The molecule has 0 radical (unpaired) electrons. The van der Waals surface area contributed by atoms with E-state index in [9.17, 15) is 9.59 Å². The maximum Gasteiger partial charge on any atom is 0.335 e. The molecule has 1 fully saturated rings. The molecule has 1 aliphatic heterocycles. The maximum absolute atomic E-state index is 12.6. The summed E-state index contributed by atoms with van der Waals surface area (Å²) < 4.78 is 11.5. The summed E-state index contributed by atoms with van der Waals surface area (Å²) in [6.45, 7) is 4.22. The summed E-state index contributed by atoms with van der Waals surface area (Å²) in [4.78, 5) is 28.8. The van der Waals surface area contributed by atoms with Crippen LogP contribution in [0.3, 0.4) is 0 Å². The lowest BCUT2D eigenvalue weighted by Gasteiger charge is -2.14. The summed E-state index contributed by atoms with van der Waals surface area (Å²) in [6.07, 6.45) is 1.75. The van der Waals surface area contributed by atoms with Crippen LogP contribution in [0.15, 0.2) is 70.6 Å². The van der Waals surface area contributed by atoms with E-state index in [-0.39, 0.29) is 18.1 Å². The van der Waals surface area contributed by atoms with E-state index in [4.69, 9.17) is 14.6 Å². The first-order valence-corrected chi connectivity index (χ1v) is 11.6. The van der Waals surface area contributed by atoms with Gasteiger partial charge in [0.15, 0.2) is 16.7 Å². The lowest BCUT2D eigenvalue weighted by Crippen LogP contribution is -2.19. The number of methoxy groups -OCH3 is 1. The fourth-order valence-corrected chi connectivity index (χ4v) is 4.45. The number of carboxylic acids is 1. The van der Waals surface area contributed by atoms with Crippen LogP contribution in [-0.4, -0.2) is 29.3 Å². The molecule has 0 spiro atoms. The summed E-state index contributed by atoms with van der Waals surface area (Å²) in [5.41, 5.74) is 4.67. The fourth-order valence-electron chi connectivity index (χ4n) is 3.61. The van der Waals surface area contributed by atoms with E-state index >= 15 is 0 Å². The van der Waals surface area contributed by atoms with Crippen molar-refractivity contribution in [2.24, 2.45) is 4.99 Å². The number of nitrogens with zero attached hydrogens (tertiary/aromatic N) is 1. The van der Waals surface area contributed by atoms with Crippen molar-refractivity contribution in [2.45, 2.75) is 20.5 Å². The summed E-state index contributed by atoms with van der Waals surface area (Å²) in [6, 6.07) is 17.9. The molecular formula is C27H24N2O5S. The molecule has 35 heavy (non-hydrogen) atoms. The third-order valence-corrected chi connectivity index (χ3v) is 6.10. The van der Waals surface area contributed by atoms with Crippen molar-refractivity contribution in [2.75, 3.05) is 7.11 Å². The van der Waals surface area contributed by atoms with Crippen molar-refractivity contribution in [1.82, 2.24) is 5.32 Å². The minimum Gasteiger partial charge on any atom is -0.493 e. The molecule has 0 aromatic heterocycles. The van der Waals surface area contributed by atoms with Gasteiger partial charge in [0.1, 0.15) is 6.61 Å². The predicted octanol–water partition coefficient (Wildman–Crippen LogP) is 5.48. The molecule has 0 atom stereocenters. The average Bonchev–Trinajstić information content (AvgIpc) is 3.15. The molecular weight excluding hydrogens is 464 g/mol. The van der Waals surface area contributed by atoms with E-state index in [1.165, 1.54) is 23.9 Å². The van der Waals surface area contributed by atoms with Gasteiger partial charge in [-0.2, -0.15) is 0 Å². The normalized spacial score (nSPS) is 15.3. The van der Waals surface area contributed by atoms with Gasteiger partial charge in [-0.1, -0.05) is 30.3 Å². The maximum atomic E-state index is 12.6. The molecule has 3 aromatic carbocycles. The largest absolute Gasteiger partial charge is 0.493 e. The van der Waals surface area contributed by atoms with Crippen LogP contribution in [0.4, 0.5) is 5.69 Å². The number of amidine groups is 1. The Kier molecular flexibility index (Phi) is 7.22. The number of aryl methyl sites for hydroxylation is 2. The average molecular weight is 489 g/mol. The second-order valence-electron chi connectivity index (χ2n) is 8.00. The minimum absolute atomic E-state index is 0.204. The van der Waals surface area contributed by atoms with Crippen LogP contribution >= 0.6 is 11.8 Å². The molecule has 1 saturated heterocycles. The molecule has 1 aliphatic rings. The molecule has 1 amide bonds. The zero-order valence-corrected chi connectivity index (χ0v) is 20.3. The monoisotopic (exact) mass is 488 g/mol. The number of aromatic carboxylic acids is 1. The van der Waals surface area contributed by atoms with E-state index in [2.05, 4.69) is 16.4 Å². The number of rotatable bonds is 7. The number of carbonyl (C=O) groups excluding carboxylic acids is 1. The molecule has 1 heterocycles. The number of nitrogens with one attached hydrogen (secondary N) is 1. The Balaban J connectivity index is 1.57. The molecule has 0 unspecified atom stereocenters. The van der Waals surface area contributed by atoms with Crippen molar-refractivity contribution in [1.29, 1.82) is 0 Å². The first kappa shape index (κ1) is 24.1. The smallest absolute Gasteiger partial charge is 0.335 e. The van der Waals surface area contributed by atoms with Gasteiger partial charge >= 0.3 is 5.97 Å². The lowest BCUT2D eigenvalue weighted by molar-refractivity contribution is -0.115. The van der Waals surface area contributed by atoms with Crippen molar-refractivity contribution in [3.8, 4) is 11.5 Å². The number of benzene rings is 3. The van der Waals surface area contributed by atoms with Crippen LogP contribution in [0.2, 0.25) is 0 Å². The highest BCUT2D eigenvalue weighted by Gasteiger charge is 2.25. The zero-order valence-electron chi connectivity index (χ0n) is 19.5. The number of carbonyl (C=O) groups is 2. The van der Waals surface area contributed by atoms with Gasteiger partial charge in [-0.3, -0.25) is 4.79 Å². The predicted molar refractivity (Wildman–Crippen MR) is 137 cm³/mol. The van der Waals surface area contributed by atoms with Gasteiger partial charge in [-0.25, -0.2) is 9.79 Å². The second kappa shape index (κ2) is 10.5. The minimum atomic E-state index is -0.983. The quantitative estimate of drug-likeness (QED) is 0.428. The standard InChI is InChI=1S/C27H24N2O5S/c1-16-11-17(2)13-21(12-16)28-27-29-25(30)23(35-27)14-20-5-4-6-22(33-3)24(20)34-15-18-7-9-19(10-8-18)26(31)32/h4-14H,15H2,1-3H3,(H,31,32)(H,28,29,30)/b23-14-. The highest BCUT2D eigenvalue weighted by Crippen LogP contribution is 2.36. The van der Waals surface area contributed by atoms with Gasteiger partial charge < -0.3 is 19.9 Å². The van der Waals surface area contributed by atoms with Crippen LogP contribution < -0.4 is 14.8 Å². The molecule has 2 N–H and O–H groups in total. The van der Waals surface area contributed by atoms with E-state index in [0.717, 1.165) is 22.4 Å².